The Kier molecular flexibility index (Phi) is 5.23. The van der Waals surface area contributed by atoms with Crippen LogP contribution in [-0.2, 0) is 0 Å². The lowest BCUT2D eigenvalue weighted by atomic mass is 9.98. The largest absolute Gasteiger partial charge is 0.335 e. The number of para-hydroxylation sites is 1. The predicted octanol–water partition coefficient (Wildman–Crippen LogP) is 3.23. The van der Waals surface area contributed by atoms with Gasteiger partial charge < -0.3 is 10.6 Å². The van der Waals surface area contributed by atoms with Gasteiger partial charge in [0.05, 0.1) is 10.6 Å². The van der Waals surface area contributed by atoms with E-state index in [0.29, 0.717) is 17.7 Å². The number of rotatable bonds is 3. The number of thiophene rings is 1. The van der Waals surface area contributed by atoms with Crippen LogP contribution >= 0.6 is 23.7 Å². The van der Waals surface area contributed by atoms with Crippen LogP contribution in [0, 0.1) is 11.8 Å². The fourth-order valence-electron chi connectivity index (χ4n) is 4.33. The summed E-state index contributed by atoms with van der Waals surface area (Å²) in [5.74, 6) is 1.81. The number of carbonyl (C=O) groups excluding carboxylic acids is 1. The lowest BCUT2D eigenvalue weighted by molar-refractivity contribution is 0.0767. The highest BCUT2D eigenvalue weighted by molar-refractivity contribution is 7.13. The Bertz CT molecular complexity index is 958. The molecule has 28 heavy (non-hydrogen) atoms. The van der Waals surface area contributed by atoms with Crippen LogP contribution in [0.15, 0.2) is 47.8 Å². The predicted molar refractivity (Wildman–Crippen MR) is 112 cm³/mol. The van der Waals surface area contributed by atoms with Crippen molar-refractivity contribution in [1.82, 2.24) is 19.7 Å². The van der Waals surface area contributed by atoms with E-state index < -0.39 is 0 Å². The summed E-state index contributed by atoms with van der Waals surface area (Å²) in [7, 11) is 0. The Balaban J connectivity index is 0.00000192. The molecule has 0 radical (unpaired) electrons. The molecule has 6 nitrogen and oxygen atoms in total. The van der Waals surface area contributed by atoms with E-state index in [4.69, 9.17) is 5.73 Å². The van der Waals surface area contributed by atoms with Gasteiger partial charge in [0.1, 0.15) is 0 Å². The van der Waals surface area contributed by atoms with Gasteiger partial charge in [-0.15, -0.1) is 28.8 Å². The number of halogens is 1. The van der Waals surface area contributed by atoms with E-state index in [1.165, 1.54) is 0 Å². The second-order valence-corrected chi connectivity index (χ2v) is 8.31. The Morgan fingerprint density at radius 3 is 2.64 bits per heavy atom. The first-order chi connectivity index (χ1) is 13.2. The Labute approximate surface area is 173 Å². The maximum atomic E-state index is 13.1. The van der Waals surface area contributed by atoms with Gasteiger partial charge in [-0.25, -0.2) is 9.67 Å². The molecule has 0 spiro atoms. The number of nitrogens with zero attached hydrogens (tertiary/aromatic N) is 4. The Morgan fingerprint density at radius 2 is 1.93 bits per heavy atom. The topological polar surface area (TPSA) is 77.0 Å². The molecular weight excluding hydrogens is 394 g/mol. The number of aromatic nitrogens is 3. The molecule has 1 saturated heterocycles. The first kappa shape index (κ1) is 19.1. The molecule has 146 valence electrons. The van der Waals surface area contributed by atoms with Gasteiger partial charge >= 0.3 is 0 Å². The zero-order valence-corrected chi connectivity index (χ0v) is 16.9. The zero-order chi connectivity index (χ0) is 18.4. The van der Waals surface area contributed by atoms with Crippen LogP contribution < -0.4 is 5.73 Å². The molecule has 1 amide bonds. The lowest BCUT2D eigenvalue weighted by Crippen LogP contribution is -2.34. The van der Waals surface area contributed by atoms with Crippen LogP contribution in [-0.4, -0.2) is 44.7 Å². The van der Waals surface area contributed by atoms with Crippen molar-refractivity contribution in [3.63, 3.8) is 0 Å². The van der Waals surface area contributed by atoms with Crippen molar-refractivity contribution in [1.29, 1.82) is 0 Å². The van der Waals surface area contributed by atoms with Crippen LogP contribution in [0.4, 0.5) is 0 Å². The van der Waals surface area contributed by atoms with Crippen LogP contribution in [0.1, 0.15) is 23.5 Å². The Morgan fingerprint density at radius 1 is 1.11 bits per heavy atom. The quantitative estimate of drug-likeness (QED) is 0.712. The number of hydrogen-bond acceptors (Lipinski definition) is 5. The summed E-state index contributed by atoms with van der Waals surface area (Å²) in [5, 5.41) is 6.59. The van der Waals surface area contributed by atoms with E-state index in [1.54, 1.807) is 16.0 Å². The summed E-state index contributed by atoms with van der Waals surface area (Å²) in [5.41, 5.74) is 7.11. The van der Waals surface area contributed by atoms with Crippen molar-refractivity contribution in [2.45, 2.75) is 18.9 Å². The molecular formula is C20H22ClN5OS. The van der Waals surface area contributed by atoms with Gasteiger partial charge in [-0.3, -0.25) is 4.79 Å². The van der Waals surface area contributed by atoms with Crippen LogP contribution in [0.2, 0.25) is 0 Å². The number of hydrogen-bond donors (Lipinski definition) is 1. The molecule has 1 aliphatic carbocycles. The highest BCUT2D eigenvalue weighted by atomic mass is 35.5. The molecule has 2 fully saturated rings. The number of likely N-dealkylation sites (tertiary alicyclic amines) is 1. The number of benzene rings is 1. The maximum Gasteiger partial charge on any atom is 0.293 e. The molecule has 3 atom stereocenters. The Hall–Kier alpha value is -2.22. The summed E-state index contributed by atoms with van der Waals surface area (Å²) in [6.07, 6.45) is 2.18. The molecule has 0 bridgehead atoms. The van der Waals surface area contributed by atoms with Gasteiger partial charge in [0.15, 0.2) is 5.82 Å². The second kappa shape index (κ2) is 7.66. The molecule has 8 heteroatoms. The normalized spacial score (nSPS) is 23.5. The van der Waals surface area contributed by atoms with E-state index in [1.807, 2.05) is 52.7 Å². The van der Waals surface area contributed by atoms with Crippen molar-refractivity contribution in [3.8, 4) is 16.4 Å². The molecule has 1 aliphatic heterocycles. The van der Waals surface area contributed by atoms with Gasteiger partial charge in [0.25, 0.3) is 5.91 Å². The molecule has 2 aromatic heterocycles. The number of fused-ring (bicyclic) bond motifs is 1. The first-order valence-electron chi connectivity index (χ1n) is 9.32. The molecule has 2 N–H and O–H groups in total. The lowest BCUT2D eigenvalue weighted by Gasteiger charge is -2.16. The summed E-state index contributed by atoms with van der Waals surface area (Å²) in [4.78, 5) is 20.6. The highest BCUT2D eigenvalue weighted by Gasteiger charge is 2.43. The molecule has 3 heterocycles. The molecule has 3 unspecified atom stereocenters. The average molecular weight is 416 g/mol. The molecule has 1 aromatic carbocycles. The van der Waals surface area contributed by atoms with Gasteiger partial charge in [0.2, 0.25) is 5.82 Å². The minimum atomic E-state index is -0.0934. The van der Waals surface area contributed by atoms with Gasteiger partial charge in [-0.2, -0.15) is 0 Å². The third-order valence-electron chi connectivity index (χ3n) is 5.74. The summed E-state index contributed by atoms with van der Waals surface area (Å²) in [6, 6.07) is 14.0. The molecule has 5 rings (SSSR count). The van der Waals surface area contributed by atoms with Crippen LogP contribution in [0.5, 0.6) is 0 Å². The molecule has 3 aromatic rings. The minimum Gasteiger partial charge on any atom is -0.335 e. The molecule has 2 aliphatic rings. The number of carbonyl (C=O) groups is 1. The average Bonchev–Trinajstić information content (AvgIpc) is 3.47. The third kappa shape index (κ3) is 3.23. The van der Waals surface area contributed by atoms with Crippen molar-refractivity contribution in [2.24, 2.45) is 17.6 Å². The fourth-order valence-corrected chi connectivity index (χ4v) is 5.03. The monoisotopic (exact) mass is 415 g/mol. The van der Waals surface area contributed by atoms with Crippen LogP contribution in [0.25, 0.3) is 16.4 Å². The van der Waals surface area contributed by atoms with Gasteiger partial charge in [-0.1, -0.05) is 24.3 Å². The van der Waals surface area contributed by atoms with E-state index in [-0.39, 0.29) is 30.2 Å². The molecule has 1 saturated carbocycles. The highest BCUT2D eigenvalue weighted by Crippen LogP contribution is 2.37. The second-order valence-electron chi connectivity index (χ2n) is 7.36. The van der Waals surface area contributed by atoms with Gasteiger partial charge in [-0.05, 0) is 48.3 Å². The number of nitrogens with two attached hydrogens (primary N) is 1. The summed E-state index contributed by atoms with van der Waals surface area (Å²) < 4.78 is 1.77. The van der Waals surface area contributed by atoms with Crippen molar-refractivity contribution >= 4 is 29.7 Å². The summed E-state index contributed by atoms with van der Waals surface area (Å²) >= 11 is 1.59. The van der Waals surface area contributed by atoms with Gasteiger partial charge in [0, 0.05) is 19.1 Å². The third-order valence-corrected chi connectivity index (χ3v) is 6.61. The van der Waals surface area contributed by atoms with Crippen molar-refractivity contribution in [3.05, 3.63) is 53.7 Å². The van der Waals surface area contributed by atoms with Crippen molar-refractivity contribution < 1.29 is 4.79 Å². The van der Waals surface area contributed by atoms with E-state index in [0.717, 1.165) is 36.5 Å². The van der Waals surface area contributed by atoms with Crippen molar-refractivity contribution in [2.75, 3.05) is 13.1 Å². The standard InChI is InChI=1S/C20H21N5OS.ClH/c21-16-9-8-13-11-24(12-15(13)16)20(26)18-22-19(17-7-4-10-27-17)25(23-18)14-5-2-1-3-6-14;/h1-7,10,13,15-16H,8-9,11-12,21H2;1H. The number of amides is 1. The zero-order valence-electron chi connectivity index (χ0n) is 15.3. The maximum absolute atomic E-state index is 13.1. The van der Waals surface area contributed by atoms with E-state index in [2.05, 4.69) is 10.1 Å². The minimum absolute atomic E-state index is 0. The SMILES string of the molecule is Cl.NC1CCC2CN(C(=O)c3nc(-c4cccs4)n(-c4ccccc4)n3)CC12. The first-order valence-corrected chi connectivity index (χ1v) is 10.2. The van der Waals surface area contributed by atoms with E-state index >= 15 is 0 Å². The smallest absolute Gasteiger partial charge is 0.293 e. The van der Waals surface area contributed by atoms with E-state index in [9.17, 15) is 4.79 Å². The summed E-state index contributed by atoms with van der Waals surface area (Å²) in [6.45, 7) is 1.49. The van der Waals surface area contributed by atoms with Crippen LogP contribution in [0.3, 0.4) is 0 Å². The fraction of sp³-hybridized carbons (Fsp3) is 0.350.